The third kappa shape index (κ3) is 2.63. The van der Waals surface area contributed by atoms with Gasteiger partial charge in [-0.25, -0.2) is 0 Å². The minimum absolute atomic E-state index is 0.949. The first kappa shape index (κ1) is 10.7. The van der Waals surface area contributed by atoms with Gasteiger partial charge in [-0.1, -0.05) is 18.2 Å². The van der Waals surface area contributed by atoms with E-state index in [4.69, 9.17) is 4.74 Å². The third-order valence-corrected chi connectivity index (χ3v) is 2.59. The summed E-state index contributed by atoms with van der Waals surface area (Å²) in [6.45, 7) is 0.949. The quantitative estimate of drug-likeness (QED) is 0.768. The molecule has 1 heterocycles. The molecule has 0 amide bonds. The summed E-state index contributed by atoms with van der Waals surface area (Å²) in [4.78, 5) is 0. The van der Waals surface area contributed by atoms with E-state index in [1.807, 2.05) is 41.3 Å². The van der Waals surface area contributed by atoms with E-state index >= 15 is 0 Å². The zero-order valence-corrected chi connectivity index (χ0v) is 9.47. The number of para-hydroxylation sites is 1. The topological polar surface area (TPSA) is 27.1 Å². The van der Waals surface area contributed by atoms with Crippen molar-refractivity contribution in [3.63, 3.8) is 0 Å². The molecule has 0 fully saturated rings. The first-order valence-electron chi connectivity index (χ1n) is 5.49. The maximum absolute atomic E-state index is 5.31. The zero-order valence-electron chi connectivity index (χ0n) is 9.47. The first-order chi connectivity index (χ1) is 7.90. The monoisotopic (exact) mass is 216 g/mol. The maximum atomic E-state index is 5.31. The van der Waals surface area contributed by atoms with Gasteiger partial charge in [-0.2, -0.15) is 5.10 Å². The summed E-state index contributed by atoms with van der Waals surface area (Å²) in [7, 11) is 1.71. The van der Waals surface area contributed by atoms with Crippen LogP contribution in [0.2, 0.25) is 0 Å². The summed E-state index contributed by atoms with van der Waals surface area (Å²) in [5.74, 6) is 0.975. The Bertz CT molecular complexity index is 423. The smallest absolute Gasteiger partial charge is 0.122 e. The fourth-order valence-electron chi connectivity index (χ4n) is 1.77. The van der Waals surface area contributed by atoms with Crippen molar-refractivity contribution >= 4 is 0 Å². The van der Waals surface area contributed by atoms with Crippen molar-refractivity contribution in [3.8, 4) is 5.75 Å². The molecule has 0 spiro atoms. The van der Waals surface area contributed by atoms with Gasteiger partial charge in [-0.15, -0.1) is 0 Å². The van der Waals surface area contributed by atoms with Gasteiger partial charge in [0.15, 0.2) is 0 Å². The van der Waals surface area contributed by atoms with Crippen molar-refractivity contribution < 1.29 is 4.74 Å². The van der Waals surface area contributed by atoms with Crippen molar-refractivity contribution in [2.75, 3.05) is 7.11 Å². The Hall–Kier alpha value is -1.77. The molecule has 0 aliphatic heterocycles. The van der Waals surface area contributed by atoms with Gasteiger partial charge in [-0.3, -0.25) is 4.68 Å². The largest absolute Gasteiger partial charge is 0.496 e. The number of rotatable bonds is 5. The molecule has 1 aromatic carbocycles. The molecule has 0 aliphatic carbocycles. The molecule has 2 rings (SSSR count). The minimum Gasteiger partial charge on any atom is -0.496 e. The van der Waals surface area contributed by atoms with Crippen LogP contribution in [0.4, 0.5) is 0 Å². The Morgan fingerprint density at radius 3 is 2.88 bits per heavy atom. The van der Waals surface area contributed by atoms with Gasteiger partial charge in [0.2, 0.25) is 0 Å². The lowest BCUT2D eigenvalue weighted by molar-refractivity contribution is 0.408. The second-order valence-electron chi connectivity index (χ2n) is 3.68. The van der Waals surface area contributed by atoms with Crippen molar-refractivity contribution in [2.24, 2.45) is 0 Å². The lowest BCUT2D eigenvalue weighted by Gasteiger charge is -2.07. The summed E-state index contributed by atoms with van der Waals surface area (Å²) >= 11 is 0. The Morgan fingerprint density at radius 1 is 1.25 bits per heavy atom. The highest BCUT2D eigenvalue weighted by Crippen LogP contribution is 2.18. The van der Waals surface area contributed by atoms with Crippen LogP contribution in [0.25, 0.3) is 0 Å². The lowest BCUT2D eigenvalue weighted by atomic mass is 10.1. The number of methoxy groups -OCH3 is 1. The van der Waals surface area contributed by atoms with Gasteiger partial charge in [0.25, 0.3) is 0 Å². The molecule has 16 heavy (non-hydrogen) atoms. The van der Waals surface area contributed by atoms with Gasteiger partial charge in [0.05, 0.1) is 7.11 Å². The normalized spacial score (nSPS) is 10.3. The van der Waals surface area contributed by atoms with E-state index in [2.05, 4.69) is 11.2 Å². The van der Waals surface area contributed by atoms with E-state index in [1.54, 1.807) is 7.11 Å². The van der Waals surface area contributed by atoms with Crippen molar-refractivity contribution in [1.82, 2.24) is 9.78 Å². The average Bonchev–Trinajstić information content (AvgIpc) is 2.83. The predicted octanol–water partition coefficient (Wildman–Crippen LogP) is 2.52. The molecule has 0 saturated carbocycles. The SMILES string of the molecule is COc1ccccc1CCCn1cccn1. The first-order valence-corrected chi connectivity index (χ1v) is 5.49. The van der Waals surface area contributed by atoms with Crippen molar-refractivity contribution in [3.05, 3.63) is 48.3 Å². The molecule has 3 heteroatoms. The van der Waals surface area contributed by atoms with Crippen LogP contribution in [-0.4, -0.2) is 16.9 Å². The Kier molecular flexibility index (Phi) is 3.59. The number of benzene rings is 1. The standard InChI is InChI=1S/C13H16N2O/c1-16-13-8-3-2-6-12(13)7-4-10-15-11-5-9-14-15/h2-3,5-6,8-9,11H,4,7,10H2,1H3. The van der Waals surface area contributed by atoms with Crippen molar-refractivity contribution in [1.29, 1.82) is 0 Å². The molecule has 0 aliphatic rings. The van der Waals surface area contributed by atoms with E-state index < -0.39 is 0 Å². The van der Waals surface area contributed by atoms with E-state index in [0.29, 0.717) is 0 Å². The number of hydrogen-bond donors (Lipinski definition) is 0. The van der Waals surface area contributed by atoms with Crippen molar-refractivity contribution in [2.45, 2.75) is 19.4 Å². The fraction of sp³-hybridized carbons (Fsp3) is 0.308. The highest BCUT2D eigenvalue weighted by molar-refractivity contribution is 5.33. The molecule has 0 radical (unpaired) electrons. The molecule has 0 N–H and O–H groups in total. The van der Waals surface area contributed by atoms with Crippen LogP contribution in [0, 0.1) is 0 Å². The molecular formula is C13H16N2O. The Labute approximate surface area is 95.7 Å². The molecule has 0 unspecified atom stereocenters. The number of ether oxygens (including phenoxy) is 1. The van der Waals surface area contributed by atoms with Gasteiger partial charge in [0, 0.05) is 18.9 Å². The maximum Gasteiger partial charge on any atom is 0.122 e. The minimum atomic E-state index is 0.949. The van der Waals surface area contributed by atoms with E-state index in [-0.39, 0.29) is 0 Å². The molecule has 84 valence electrons. The highest BCUT2D eigenvalue weighted by atomic mass is 16.5. The molecule has 2 aromatic rings. The predicted molar refractivity (Wildman–Crippen MR) is 63.5 cm³/mol. The van der Waals surface area contributed by atoms with Gasteiger partial charge in [0.1, 0.15) is 5.75 Å². The summed E-state index contributed by atoms with van der Waals surface area (Å²) in [5, 5.41) is 4.18. The van der Waals surface area contributed by atoms with Crippen LogP contribution in [0.3, 0.4) is 0 Å². The van der Waals surface area contributed by atoms with Gasteiger partial charge >= 0.3 is 0 Å². The van der Waals surface area contributed by atoms with Crippen LogP contribution in [-0.2, 0) is 13.0 Å². The average molecular weight is 216 g/mol. The van der Waals surface area contributed by atoms with Gasteiger partial charge < -0.3 is 4.74 Å². The number of aromatic nitrogens is 2. The Morgan fingerprint density at radius 2 is 2.12 bits per heavy atom. The van der Waals surface area contributed by atoms with E-state index in [0.717, 1.165) is 25.1 Å². The lowest BCUT2D eigenvalue weighted by Crippen LogP contribution is -2.00. The molecule has 3 nitrogen and oxygen atoms in total. The molecule has 1 aromatic heterocycles. The van der Waals surface area contributed by atoms with Crippen LogP contribution >= 0.6 is 0 Å². The summed E-state index contributed by atoms with van der Waals surface area (Å²) in [6.07, 6.45) is 5.89. The number of hydrogen-bond acceptors (Lipinski definition) is 2. The van der Waals surface area contributed by atoms with Crippen LogP contribution in [0.5, 0.6) is 5.75 Å². The van der Waals surface area contributed by atoms with Crippen LogP contribution in [0.1, 0.15) is 12.0 Å². The number of nitrogens with zero attached hydrogens (tertiary/aromatic N) is 2. The molecule has 0 atom stereocenters. The third-order valence-electron chi connectivity index (χ3n) is 2.59. The summed E-state index contributed by atoms with van der Waals surface area (Å²) in [6, 6.07) is 10.1. The fourth-order valence-corrected chi connectivity index (χ4v) is 1.77. The van der Waals surface area contributed by atoms with Crippen LogP contribution < -0.4 is 4.74 Å². The Balaban J connectivity index is 1.89. The van der Waals surface area contributed by atoms with Gasteiger partial charge in [-0.05, 0) is 30.5 Å². The second-order valence-corrected chi connectivity index (χ2v) is 3.68. The van der Waals surface area contributed by atoms with Crippen LogP contribution in [0.15, 0.2) is 42.7 Å². The second kappa shape index (κ2) is 5.35. The summed E-state index contributed by atoms with van der Waals surface area (Å²) < 4.78 is 7.26. The summed E-state index contributed by atoms with van der Waals surface area (Å²) in [5.41, 5.74) is 1.26. The molecule has 0 bridgehead atoms. The molecular weight excluding hydrogens is 200 g/mol. The zero-order chi connectivity index (χ0) is 11.2. The number of aryl methyl sites for hydroxylation is 2. The van der Waals surface area contributed by atoms with E-state index in [9.17, 15) is 0 Å². The highest BCUT2D eigenvalue weighted by Gasteiger charge is 2.01. The van der Waals surface area contributed by atoms with E-state index in [1.165, 1.54) is 5.56 Å². The molecule has 0 saturated heterocycles.